The van der Waals surface area contributed by atoms with Gasteiger partial charge in [-0.1, -0.05) is 60.1 Å². The van der Waals surface area contributed by atoms with E-state index in [0.717, 1.165) is 35.4 Å². The van der Waals surface area contributed by atoms with E-state index in [1.54, 1.807) is 0 Å². The van der Waals surface area contributed by atoms with E-state index in [9.17, 15) is 9.90 Å². The summed E-state index contributed by atoms with van der Waals surface area (Å²) in [7, 11) is 0. The summed E-state index contributed by atoms with van der Waals surface area (Å²) in [6.07, 6.45) is 1.98. The molecule has 0 aliphatic heterocycles. The third kappa shape index (κ3) is 5.13. The highest BCUT2D eigenvalue weighted by molar-refractivity contribution is 6.31. The molecule has 2 aromatic carbocycles. The van der Waals surface area contributed by atoms with Crippen molar-refractivity contribution in [2.24, 2.45) is 0 Å². The number of carboxylic acids is 1. The molecule has 3 rings (SSSR count). The van der Waals surface area contributed by atoms with E-state index < -0.39 is 5.97 Å². The highest BCUT2D eigenvalue weighted by atomic mass is 35.5. The Labute approximate surface area is 183 Å². The average molecular weight is 425 g/mol. The average Bonchev–Trinajstić information content (AvgIpc) is 2.97. The van der Waals surface area contributed by atoms with Gasteiger partial charge in [0.1, 0.15) is 0 Å². The number of nitrogens with one attached hydrogen (secondary N) is 1. The van der Waals surface area contributed by atoms with Gasteiger partial charge in [-0.15, -0.1) is 0 Å². The van der Waals surface area contributed by atoms with E-state index in [-0.39, 0.29) is 6.04 Å². The Morgan fingerprint density at radius 2 is 1.73 bits per heavy atom. The van der Waals surface area contributed by atoms with Crippen molar-refractivity contribution >= 4 is 17.6 Å². The van der Waals surface area contributed by atoms with Crippen LogP contribution in [0.4, 0.5) is 0 Å². The molecule has 0 unspecified atom stereocenters. The van der Waals surface area contributed by atoms with Crippen LogP contribution in [0.1, 0.15) is 51.8 Å². The number of aromatic nitrogens is 1. The molecule has 0 saturated carbocycles. The van der Waals surface area contributed by atoms with Crippen LogP contribution in [0.15, 0.2) is 54.6 Å². The Morgan fingerprint density at radius 1 is 1.07 bits per heavy atom. The quantitative estimate of drug-likeness (QED) is 0.469. The Bertz CT molecular complexity index is 1010. The molecule has 4 nitrogen and oxygen atoms in total. The normalized spacial score (nSPS) is 12.1. The molecule has 2 N–H and O–H groups in total. The van der Waals surface area contributed by atoms with Crippen molar-refractivity contribution in [1.29, 1.82) is 0 Å². The van der Waals surface area contributed by atoms with Crippen LogP contribution in [0, 0.1) is 13.8 Å². The molecule has 0 radical (unpaired) electrons. The fourth-order valence-electron chi connectivity index (χ4n) is 3.89. The molecule has 1 atom stereocenters. The van der Waals surface area contributed by atoms with Crippen LogP contribution >= 0.6 is 11.6 Å². The maximum Gasteiger partial charge on any atom is 0.337 e. The van der Waals surface area contributed by atoms with Crippen molar-refractivity contribution in [2.45, 2.75) is 52.7 Å². The summed E-state index contributed by atoms with van der Waals surface area (Å²) in [4.78, 5) is 12.0. The van der Waals surface area contributed by atoms with Gasteiger partial charge in [0.15, 0.2) is 0 Å². The van der Waals surface area contributed by atoms with Crippen LogP contribution < -0.4 is 5.32 Å². The van der Waals surface area contributed by atoms with E-state index in [0.29, 0.717) is 23.7 Å². The molecule has 30 heavy (non-hydrogen) atoms. The minimum atomic E-state index is -0.887. The smallest absolute Gasteiger partial charge is 0.337 e. The van der Waals surface area contributed by atoms with Crippen molar-refractivity contribution in [1.82, 2.24) is 9.88 Å². The third-order valence-electron chi connectivity index (χ3n) is 5.75. The van der Waals surface area contributed by atoms with Crippen molar-refractivity contribution < 1.29 is 9.90 Å². The Kier molecular flexibility index (Phi) is 7.35. The lowest BCUT2D eigenvalue weighted by Gasteiger charge is -2.15. The van der Waals surface area contributed by atoms with Gasteiger partial charge in [-0.3, -0.25) is 0 Å². The van der Waals surface area contributed by atoms with E-state index in [2.05, 4.69) is 41.1 Å². The molecule has 5 heteroatoms. The largest absolute Gasteiger partial charge is 0.478 e. The number of aryl methyl sites for hydroxylation is 1. The highest BCUT2D eigenvalue weighted by Gasteiger charge is 2.23. The molecule has 3 aromatic rings. The molecular formula is C25H29ClN2O2. The Morgan fingerprint density at radius 3 is 2.40 bits per heavy atom. The standard InChI is InChI=1S/C25H29ClN2O2/c1-17(13-14-20-9-5-4-6-10-20)27-15-22-18(2)28(19(3)24(22)25(29)30)16-21-11-7-8-12-23(21)26/h4-12,17,27H,13-16H2,1-3H3,(H,29,30)/t17-/m1/s1. The predicted octanol–water partition coefficient (Wildman–Crippen LogP) is 5.62. The number of aromatic carboxylic acids is 1. The van der Waals surface area contributed by atoms with Crippen molar-refractivity contribution in [3.8, 4) is 0 Å². The molecule has 158 valence electrons. The van der Waals surface area contributed by atoms with Gasteiger partial charge in [0.2, 0.25) is 0 Å². The zero-order valence-electron chi connectivity index (χ0n) is 17.8. The summed E-state index contributed by atoms with van der Waals surface area (Å²) in [5.74, 6) is -0.887. The number of hydrogen-bond donors (Lipinski definition) is 2. The summed E-state index contributed by atoms with van der Waals surface area (Å²) in [6, 6.07) is 18.4. The molecule has 0 amide bonds. The second-order valence-corrected chi connectivity index (χ2v) is 8.22. The van der Waals surface area contributed by atoms with Crippen molar-refractivity contribution in [2.75, 3.05) is 0 Å². The lowest BCUT2D eigenvalue weighted by atomic mass is 10.1. The van der Waals surface area contributed by atoms with Crippen LogP contribution in [-0.4, -0.2) is 21.7 Å². The minimum Gasteiger partial charge on any atom is -0.478 e. The first-order chi connectivity index (χ1) is 14.4. The highest BCUT2D eigenvalue weighted by Crippen LogP contribution is 2.26. The van der Waals surface area contributed by atoms with Gasteiger partial charge in [-0.25, -0.2) is 4.79 Å². The molecule has 1 heterocycles. The van der Waals surface area contributed by atoms with E-state index in [4.69, 9.17) is 11.6 Å². The van der Waals surface area contributed by atoms with E-state index in [1.807, 2.05) is 44.2 Å². The zero-order chi connectivity index (χ0) is 21.7. The van der Waals surface area contributed by atoms with Gasteiger partial charge in [0.05, 0.1) is 5.56 Å². The second-order valence-electron chi connectivity index (χ2n) is 7.81. The summed E-state index contributed by atoms with van der Waals surface area (Å²) < 4.78 is 2.05. The first-order valence-corrected chi connectivity index (χ1v) is 10.7. The van der Waals surface area contributed by atoms with Gasteiger partial charge in [0.25, 0.3) is 0 Å². The van der Waals surface area contributed by atoms with Crippen molar-refractivity contribution in [3.63, 3.8) is 0 Å². The molecule has 0 aliphatic carbocycles. The second kappa shape index (κ2) is 9.96. The van der Waals surface area contributed by atoms with Gasteiger partial charge in [0, 0.05) is 41.1 Å². The summed E-state index contributed by atoms with van der Waals surface area (Å²) >= 11 is 6.33. The Hall–Kier alpha value is -2.56. The number of carbonyl (C=O) groups is 1. The molecule has 0 aliphatic rings. The SMILES string of the molecule is Cc1c(CN[C@H](C)CCc2ccccc2)c(C(=O)O)c(C)n1Cc1ccccc1Cl. The minimum absolute atomic E-state index is 0.276. The molecule has 0 fully saturated rings. The van der Waals surface area contributed by atoms with Crippen LogP contribution in [0.25, 0.3) is 0 Å². The number of rotatable bonds is 9. The molecule has 0 bridgehead atoms. The zero-order valence-corrected chi connectivity index (χ0v) is 18.5. The summed E-state index contributed by atoms with van der Waals surface area (Å²) in [5.41, 5.74) is 5.26. The third-order valence-corrected chi connectivity index (χ3v) is 6.12. The molecule has 1 aromatic heterocycles. The Balaban J connectivity index is 1.75. The molecule has 0 spiro atoms. The maximum atomic E-state index is 12.0. The van der Waals surface area contributed by atoms with Gasteiger partial charge in [-0.2, -0.15) is 0 Å². The number of nitrogens with zero attached hydrogens (tertiary/aromatic N) is 1. The lowest BCUT2D eigenvalue weighted by molar-refractivity contribution is 0.0694. The number of hydrogen-bond acceptors (Lipinski definition) is 2. The lowest BCUT2D eigenvalue weighted by Crippen LogP contribution is -2.27. The predicted molar refractivity (Wildman–Crippen MR) is 122 cm³/mol. The topological polar surface area (TPSA) is 54.3 Å². The monoisotopic (exact) mass is 424 g/mol. The van der Waals surface area contributed by atoms with Crippen molar-refractivity contribution in [3.05, 3.63) is 93.3 Å². The summed E-state index contributed by atoms with van der Waals surface area (Å²) in [5, 5.41) is 14.1. The van der Waals surface area contributed by atoms with Crippen LogP contribution in [0.2, 0.25) is 5.02 Å². The first kappa shape index (κ1) is 22.1. The number of benzene rings is 2. The fraction of sp³-hybridized carbons (Fsp3) is 0.320. The molecular weight excluding hydrogens is 396 g/mol. The van der Waals surface area contributed by atoms with Gasteiger partial charge >= 0.3 is 5.97 Å². The first-order valence-electron chi connectivity index (χ1n) is 10.3. The number of carboxylic acid groups (broad SMARTS) is 1. The summed E-state index contributed by atoms with van der Waals surface area (Å²) in [6.45, 7) is 7.09. The number of halogens is 1. The van der Waals surface area contributed by atoms with E-state index >= 15 is 0 Å². The van der Waals surface area contributed by atoms with Crippen LogP contribution in [-0.2, 0) is 19.5 Å². The fourth-order valence-corrected chi connectivity index (χ4v) is 4.08. The van der Waals surface area contributed by atoms with Gasteiger partial charge < -0.3 is 15.0 Å². The van der Waals surface area contributed by atoms with Crippen LogP contribution in [0.5, 0.6) is 0 Å². The van der Waals surface area contributed by atoms with Gasteiger partial charge in [-0.05, 0) is 50.8 Å². The van der Waals surface area contributed by atoms with Crippen LogP contribution in [0.3, 0.4) is 0 Å². The molecule has 0 saturated heterocycles. The van der Waals surface area contributed by atoms with E-state index in [1.165, 1.54) is 5.56 Å². The maximum absolute atomic E-state index is 12.0.